The number of anilines is 2. The molecule has 0 aromatic heterocycles. The molecule has 1 atom stereocenters. The maximum Gasteiger partial charge on any atom is 0.264 e. The maximum atomic E-state index is 13.3. The number of fused-ring (bicyclic) bond motifs is 1. The molecule has 2 heterocycles. The van der Waals surface area contributed by atoms with Gasteiger partial charge in [0.1, 0.15) is 0 Å². The Hall–Kier alpha value is -3.65. The van der Waals surface area contributed by atoms with E-state index in [2.05, 4.69) is 5.32 Å². The van der Waals surface area contributed by atoms with E-state index in [1.807, 2.05) is 24.0 Å². The molecule has 0 radical (unpaired) electrons. The number of benzene rings is 3. The molecular weight excluding hydrogens is 474 g/mol. The Bertz CT molecular complexity index is 1380. The van der Waals surface area contributed by atoms with Crippen LogP contribution in [0.15, 0.2) is 77.7 Å². The van der Waals surface area contributed by atoms with Crippen LogP contribution in [0.25, 0.3) is 0 Å². The molecule has 0 bridgehead atoms. The number of sulfonamides is 1. The van der Waals surface area contributed by atoms with Crippen molar-refractivity contribution < 1.29 is 18.0 Å². The molecule has 8 heteroatoms. The van der Waals surface area contributed by atoms with Gasteiger partial charge in [0.05, 0.1) is 17.0 Å². The van der Waals surface area contributed by atoms with E-state index in [1.54, 1.807) is 60.7 Å². The first kappa shape index (κ1) is 24.1. The lowest BCUT2D eigenvalue weighted by Crippen LogP contribution is -2.35. The van der Waals surface area contributed by atoms with E-state index in [0.29, 0.717) is 29.8 Å². The van der Waals surface area contributed by atoms with Gasteiger partial charge >= 0.3 is 0 Å². The highest BCUT2D eigenvalue weighted by atomic mass is 32.2. The molecule has 0 spiro atoms. The van der Waals surface area contributed by atoms with E-state index in [1.165, 1.54) is 4.31 Å². The molecule has 2 amide bonds. The van der Waals surface area contributed by atoms with Crippen molar-refractivity contribution in [2.24, 2.45) is 0 Å². The van der Waals surface area contributed by atoms with E-state index in [9.17, 15) is 18.0 Å². The summed E-state index contributed by atoms with van der Waals surface area (Å²) in [7, 11) is -3.70. The Morgan fingerprint density at radius 2 is 1.64 bits per heavy atom. The van der Waals surface area contributed by atoms with Gasteiger partial charge in [-0.05, 0) is 79.8 Å². The van der Waals surface area contributed by atoms with Crippen molar-refractivity contribution in [1.82, 2.24) is 4.90 Å². The zero-order valence-electron chi connectivity index (χ0n) is 20.2. The van der Waals surface area contributed by atoms with Crippen molar-refractivity contribution in [1.29, 1.82) is 0 Å². The van der Waals surface area contributed by atoms with Crippen LogP contribution in [0.2, 0.25) is 0 Å². The van der Waals surface area contributed by atoms with Crippen LogP contribution in [-0.2, 0) is 27.7 Å². The van der Waals surface area contributed by atoms with Gasteiger partial charge in [-0.15, -0.1) is 0 Å². The van der Waals surface area contributed by atoms with Gasteiger partial charge < -0.3 is 10.2 Å². The van der Waals surface area contributed by atoms with Gasteiger partial charge in [0.25, 0.3) is 15.9 Å². The number of rotatable bonds is 6. The second kappa shape index (κ2) is 9.78. The monoisotopic (exact) mass is 503 g/mol. The van der Waals surface area contributed by atoms with Crippen molar-refractivity contribution in [2.75, 3.05) is 22.7 Å². The second-order valence-electron chi connectivity index (χ2n) is 9.43. The molecular formula is C28H29N3O4S. The first-order valence-electron chi connectivity index (χ1n) is 12.2. The van der Waals surface area contributed by atoms with Crippen molar-refractivity contribution in [2.45, 2.75) is 43.5 Å². The fourth-order valence-electron chi connectivity index (χ4n) is 4.98. The Kier molecular flexibility index (Phi) is 6.53. The summed E-state index contributed by atoms with van der Waals surface area (Å²) in [5.41, 5.74) is 3.45. The first-order chi connectivity index (χ1) is 17.3. The van der Waals surface area contributed by atoms with E-state index < -0.39 is 10.0 Å². The SMILES string of the molecule is C[C@H]1Cc2cc(C(=O)Nc3ccc(CC(=O)N4CCCC4)cc3)ccc2N1S(=O)(=O)c1ccccc1. The first-order valence-corrected chi connectivity index (χ1v) is 13.7. The quantitative estimate of drug-likeness (QED) is 0.545. The average Bonchev–Trinajstić information content (AvgIpc) is 3.53. The van der Waals surface area contributed by atoms with Gasteiger partial charge in [0.15, 0.2) is 0 Å². The van der Waals surface area contributed by atoms with Crippen LogP contribution in [0, 0.1) is 0 Å². The average molecular weight is 504 g/mol. The van der Waals surface area contributed by atoms with Crippen LogP contribution in [0.5, 0.6) is 0 Å². The molecule has 0 unspecified atom stereocenters. The summed E-state index contributed by atoms with van der Waals surface area (Å²) in [5.74, 6) is -0.129. The minimum atomic E-state index is -3.70. The topological polar surface area (TPSA) is 86.8 Å². The largest absolute Gasteiger partial charge is 0.342 e. The number of carbonyl (C=O) groups is 2. The molecule has 5 rings (SSSR count). The predicted molar refractivity (Wildman–Crippen MR) is 140 cm³/mol. The Morgan fingerprint density at radius 1 is 0.944 bits per heavy atom. The van der Waals surface area contributed by atoms with E-state index in [4.69, 9.17) is 0 Å². The van der Waals surface area contributed by atoms with E-state index in [0.717, 1.165) is 37.1 Å². The predicted octanol–water partition coefficient (Wildman–Crippen LogP) is 4.24. The molecule has 1 fully saturated rings. The van der Waals surface area contributed by atoms with Crippen LogP contribution >= 0.6 is 0 Å². The summed E-state index contributed by atoms with van der Waals surface area (Å²) < 4.78 is 28.0. The highest BCUT2D eigenvalue weighted by molar-refractivity contribution is 7.92. The Balaban J connectivity index is 1.28. The van der Waals surface area contributed by atoms with Crippen LogP contribution in [0.4, 0.5) is 11.4 Å². The van der Waals surface area contributed by atoms with Gasteiger partial charge in [-0.3, -0.25) is 13.9 Å². The Labute approximate surface area is 211 Å². The minimum Gasteiger partial charge on any atom is -0.342 e. The number of nitrogens with zero attached hydrogens (tertiary/aromatic N) is 2. The molecule has 36 heavy (non-hydrogen) atoms. The number of likely N-dealkylation sites (tertiary alicyclic amines) is 1. The van der Waals surface area contributed by atoms with Gasteiger partial charge in [0, 0.05) is 30.4 Å². The lowest BCUT2D eigenvalue weighted by Gasteiger charge is -2.24. The van der Waals surface area contributed by atoms with Crippen LogP contribution in [0.3, 0.4) is 0 Å². The van der Waals surface area contributed by atoms with Crippen molar-refractivity contribution in [3.63, 3.8) is 0 Å². The molecule has 186 valence electrons. The molecule has 2 aliphatic rings. The molecule has 0 aliphatic carbocycles. The highest BCUT2D eigenvalue weighted by Gasteiger charge is 2.36. The van der Waals surface area contributed by atoms with E-state index >= 15 is 0 Å². The number of hydrogen-bond donors (Lipinski definition) is 1. The van der Waals surface area contributed by atoms with Gasteiger partial charge in [0.2, 0.25) is 5.91 Å². The molecule has 2 aliphatic heterocycles. The summed E-state index contributed by atoms with van der Waals surface area (Å²) in [6.07, 6.45) is 3.03. The molecule has 3 aromatic carbocycles. The van der Waals surface area contributed by atoms with Crippen molar-refractivity contribution in [3.05, 3.63) is 89.5 Å². The minimum absolute atomic E-state index is 0.139. The van der Waals surface area contributed by atoms with Crippen LogP contribution in [-0.4, -0.2) is 44.3 Å². The second-order valence-corrected chi connectivity index (χ2v) is 11.2. The lowest BCUT2D eigenvalue weighted by atomic mass is 10.1. The Morgan fingerprint density at radius 3 is 2.33 bits per heavy atom. The zero-order valence-corrected chi connectivity index (χ0v) is 21.0. The molecule has 1 N–H and O–H groups in total. The van der Waals surface area contributed by atoms with E-state index in [-0.39, 0.29) is 22.8 Å². The highest BCUT2D eigenvalue weighted by Crippen LogP contribution is 2.37. The van der Waals surface area contributed by atoms with Gasteiger partial charge in [-0.25, -0.2) is 8.42 Å². The third kappa shape index (κ3) is 4.73. The normalized spacial score (nSPS) is 17.2. The number of amides is 2. The number of nitrogens with one attached hydrogen (secondary N) is 1. The summed E-state index contributed by atoms with van der Waals surface area (Å²) in [4.78, 5) is 27.4. The molecule has 1 saturated heterocycles. The van der Waals surface area contributed by atoms with Gasteiger partial charge in [-0.2, -0.15) is 0 Å². The fourth-order valence-corrected chi connectivity index (χ4v) is 6.69. The number of hydrogen-bond acceptors (Lipinski definition) is 4. The van der Waals surface area contributed by atoms with Crippen molar-refractivity contribution >= 4 is 33.2 Å². The van der Waals surface area contributed by atoms with Gasteiger partial charge in [-0.1, -0.05) is 30.3 Å². The molecule has 0 saturated carbocycles. The smallest absolute Gasteiger partial charge is 0.264 e. The third-order valence-electron chi connectivity index (χ3n) is 6.82. The molecule has 3 aromatic rings. The standard InChI is InChI=1S/C28H29N3O4S/c1-20-17-23-19-22(11-14-26(23)31(20)36(34,35)25-7-3-2-4-8-25)28(33)29-24-12-9-21(10-13-24)18-27(32)30-15-5-6-16-30/h2-4,7-14,19-20H,5-6,15-18H2,1H3,(H,29,33)/t20-/m0/s1. The summed E-state index contributed by atoms with van der Waals surface area (Å²) in [6.45, 7) is 3.54. The van der Waals surface area contributed by atoms with Crippen molar-refractivity contribution in [3.8, 4) is 0 Å². The lowest BCUT2D eigenvalue weighted by molar-refractivity contribution is -0.129. The molecule has 7 nitrogen and oxygen atoms in total. The number of carbonyl (C=O) groups excluding carboxylic acids is 2. The summed E-state index contributed by atoms with van der Waals surface area (Å²) in [6, 6.07) is 20.6. The maximum absolute atomic E-state index is 13.3. The third-order valence-corrected chi connectivity index (χ3v) is 8.76. The fraction of sp³-hybridized carbons (Fsp3) is 0.286. The van der Waals surface area contributed by atoms with Crippen LogP contribution in [0.1, 0.15) is 41.3 Å². The summed E-state index contributed by atoms with van der Waals surface area (Å²) >= 11 is 0. The van der Waals surface area contributed by atoms with Crippen LogP contribution < -0.4 is 9.62 Å². The zero-order chi connectivity index (χ0) is 25.3. The summed E-state index contributed by atoms with van der Waals surface area (Å²) in [5, 5.41) is 2.90.